The highest BCUT2D eigenvalue weighted by atomic mass is 28.3. The molecule has 6 heterocycles. The number of hydrogen-bond acceptors (Lipinski definition) is 1. The number of benzene rings is 24. The first-order valence-electron chi connectivity index (χ1n) is 50.4. The molecular formula is C139H91N7Si. The molecule has 686 valence electrons. The minimum Gasteiger partial charge on any atom is -0.309 e. The molecule has 8 heteroatoms. The van der Waals surface area contributed by atoms with Gasteiger partial charge < -0.3 is 27.4 Å². The fourth-order valence-corrected chi connectivity index (χ4v) is 28.8. The SMILES string of the molecule is N#Cc1cccc(-n2c3ccccc3c3cc(-c4ccc5c(c4)c4ccccc4n5-c4ccccc4)ccc32)c1.c1ccc(-n2c3ccccc3c3cc(-c4ccc5c(c4)c4ccccc4n5-c4ccc5c6ccccc6c6ccccc6c5c4)ccc32)cc1.c1ccc(-n2c3ccccc3c3cc(-c4ccc5c(c4)c4ccccc4n5-c4cccc([Si](c5ccccc5)(c5ccccc5)c5ccccc5)c4)ccc32)cc1. The number of para-hydroxylation sites is 9. The zero-order valence-electron chi connectivity index (χ0n) is 80.2. The molecule has 6 aromatic heterocycles. The first kappa shape index (κ1) is 85.5. The highest BCUT2D eigenvalue weighted by Gasteiger charge is 2.42. The molecular weight excluding hydrogens is 1800 g/mol. The van der Waals surface area contributed by atoms with Gasteiger partial charge in [-0.3, -0.25) is 0 Å². The molecule has 0 bridgehead atoms. The molecule has 0 fully saturated rings. The van der Waals surface area contributed by atoms with E-state index in [1.165, 1.54) is 229 Å². The van der Waals surface area contributed by atoms with Crippen LogP contribution in [-0.2, 0) is 0 Å². The summed E-state index contributed by atoms with van der Waals surface area (Å²) in [6.45, 7) is 0. The first-order valence-corrected chi connectivity index (χ1v) is 52.4. The second kappa shape index (κ2) is 35.4. The van der Waals surface area contributed by atoms with Crippen LogP contribution in [-0.4, -0.2) is 35.5 Å². The van der Waals surface area contributed by atoms with Crippen LogP contribution in [0.15, 0.2) is 552 Å². The minimum absolute atomic E-state index is 0.656. The number of nitrogens with zero attached hydrogens (tertiary/aromatic N) is 7. The van der Waals surface area contributed by atoms with Crippen LogP contribution in [0.2, 0.25) is 0 Å². The fraction of sp³-hybridized carbons (Fsp3) is 0. The van der Waals surface area contributed by atoms with E-state index >= 15 is 0 Å². The van der Waals surface area contributed by atoms with Crippen LogP contribution in [0.5, 0.6) is 0 Å². The van der Waals surface area contributed by atoms with Gasteiger partial charge in [-0.2, -0.15) is 5.26 Å². The monoisotopic (exact) mass is 1890 g/mol. The van der Waals surface area contributed by atoms with Gasteiger partial charge in [-0.25, -0.2) is 0 Å². The number of rotatable bonds is 13. The van der Waals surface area contributed by atoms with Gasteiger partial charge >= 0.3 is 0 Å². The molecule has 24 aromatic carbocycles. The highest BCUT2D eigenvalue weighted by molar-refractivity contribution is 7.20. The largest absolute Gasteiger partial charge is 0.309 e. The Morgan fingerprint density at radius 2 is 0.333 bits per heavy atom. The smallest absolute Gasteiger partial charge is 0.179 e. The summed E-state index contributed by atoms with van der Waals surface area (Å²) >= 11 is 0. The summed E-state index contributed by atoms with van der Waals surface area (Å²) in [5.41, 5.74) is 29.1. The van der Waals surface area contributed by atoms with Gasteiger partial charge in [0.25, 0.3) is 0 Å². The van der Waals surface area contributed by atoms with E-state index in [0.29, 0.717) is 5.56 Å². The van der Waals surface area contributed by atoms with E-state index in [1.54, 1.807) is 0 Å². The molecule has 147 heavy (non-hydrogen) atoms. The molecule has 0 atom stereocenters. The lowest BCUT2D eigenvalue weighted by Gasteiger charge is -2.34. The van der Waals surface area contributed by atoms with Gasteiger partial charge in [0, 0.05) is 98.8 Å². The predicted octanol–water partition coefficient (Wildman–Crippen LogP) is 33.4. The lowest BCUT2D eigenvalue weighted by Crippen LogP contribution is -2.74. The zero-order valence-corrected chi connectivity index (χ0v) is 81.2. The second-order valence-corrected chi connectivity index (χ2v) is 42.2. The first-order chi connectivity index (χ1) is 72.9. The summed E-state index contributed by atoms with van der Waals surface area (Å²) < 4.78 is 14.3. The van der Waals surface area contributed by atoms with Crippen LogP contribution in [0.1, 0.15) is 5.56 Å². The van der Waals surface area contributed by atoms with Crippen molar-refractivity contribution < 1.29 is 0 Å². The van der Waals surface area contributed by atoms with Crippen molar-refractivity contribution in [3.05, 3.63) is 558 Å². The predicted molar refractivity (Wildman–Crippen MR) is 623 cm³/mol. The molecule has 0 aliphatic heterocycles. The summed E-state index contributed by atoms with van der Waals surface area (Å²) in [4.78, 5) is 0. The molecule has 0 unspecified atom stereocenters. The maximum Gasteiger partial charge on any atom is 0.179 e. The summed E-state index contributed by atoms with van der Waals surface area (Å²) in [6, 6.07) is 203. The lowest BCUT2D eigenvalue weighted by molar-refractivity contribution is 1.18. The third-order valence-corrected chi connectivity index (χ3v) is 35.2. The molecule has 0 saturated carbocycles. The van der Waals surface area contributed by atoms with Gasteiger partial charge in [0.15, 0.2) is 8.07 Å². The molecule has 0 amide bonds. The fourth-order valence-electron chi connectivity index (χ4n) is 24.0. The number of hydrogen-bond donors (Lipinski definition) is 0. The zero-order chi connectivity index (χ0) is 97.2. The van der Waals surface area contributed by atoms with E-state index in [0.717, 1.165) is 22.4 Å². The Morgan fingerprint density at radius 3 is 0.619 bits per heavy atom. The quantitative estimate of drug-likeness (QED) is 0.0645. The summed E-state index contributed by atoms with van der Waals surface area (Å²) in [6.07, 6.45) is 0. The van der Waals surface area contributed by atoms with Crippen LogP contribution in [0.3, 0.4) is 0 Å². The van der Waals surface area contributed by atoms with Gasteiger partial charge in [-0.1, -0.05) is 364 Å². The van der Waals surface area contributed by atoms with Crippen molar-refractivity contribution in [1.82, 2.24) is 27.4 Å². The Bertz CT molecular complexity index is 10400. The Morgan fingerprint density at radius 1 is 0.129 bits per heavy atom. The second-order valence-electron chi connectivity index (χ2n) is 38.4. The maximum atomic E-state index is 9.50. The average Bonchev–Trinajstić information content (AvgIpc) is 1.50. The van der Waals surface area contributed by atoms with Crippen molar-refractivity contribution in [3.63, 3.8) is 0 Å². The summed E-state index contributed by atoms with van der Waals surface area (Å²) in [5.74, 6) is 0. The molecule has 0 radical (unpaired) electrons. The van der Waals surface area contributed by atoms with Crippen molar-refractivity contribution >= 4 is 192 Å². The number of fused-ring (bicyclic) bond motifs is 24. The molecule has 30 rings (SSSR count). The molecule has 0 saturated heterocycles. The maximum absolute atomic E-state index is 9.50. The molecule has 7 nitrogen and oxygen atoms in total. The third-order valence-electron chi connectivity index (χ3n) is 30.5. The Labute approximate surface area is 849 Å². The molecule has 0 N–H and O–H groups in total. The molecule has 0 aliphatic rings. The average molecular weight is 1890 g/mol. The van der Waals surface area contributed by atoms with Crippen LogP contribution in [0, 0.1) is 11.3 Å². The number of nitriles is 1. The van der Waals surface area contributed by atoms with Crippen LogP contribution < -0.4 is 20.7 Å². The van der Waals surface area contributed by atoms with Crippen LogP contribution >= 0.6 is 0 Å². The van der Waals surface area contributed by atoms with E-state index in [9.17, 15) is 5.26 Å². The topological polar surface area (TPSA) is 53.4 Å². The van der Waals surface area contributed by atoms with E-state index < -0.39 is 8.07 Å². The Hall–Kier alpha value is -19.4. The van der Waals surface area contributed by atoms with Gasteiger partial charge in [-0.15, -0.1) is 0 Å². The van der Waals surface area contributed by atoms with Gasteiger partial charge in [0.05, 0.1) is 77.8 Å². The molecule has 30 aromatic rings. The highest BCUT2D eigenvalue weighted by Crippen LogP contribution is 2.46. The van der Waals surface area contributed by atoms with Crippen molar-refractivity contribution in [3.8, 4) is 73.6 Å². The van der Waals surface area contributed by atoms with E-state index in [1.807, 2.05) is 18.2 Å². The van der Waals surface area contributed by atoms with Crippen LogP contribution in [0.25, 0.3) is 231 Å². The minimum atomic E-state index is -2.71. The third kappa shape index (κ3) is 14.1. The molecule has 0 spiro atoms. The lowest BCUT2D eigenvalue weighted by atomic mass is 9.94. The normalized spacial score (nSPS) is 11.8. The van der Waals surface area contributed by atoms with E-state index in [-0.39, 0.29) is 0 Å². The molecule has 0 aliphatic carbocycles. The number of aromatic nitrogens is 6. The van der Waals surface area contributed by atoms with Crippen LogP contribution in [0.4, 0.5) is 0 Å². The van der Waals surface area contributed by atoms with Crippen molar-refractivity contribution in [2.45, 2.75) is 0 Å². The van der Waals surface area contributed by atoms with Gasteiger partial charge in [-0.05, 0) is 275 Å². The van der Waals surface area contributed by atoms with Crippen molar-refractivity contribution in [2.24, 2.45) is 0 Å². The van der Waals surface area contributed by atoms with Crippen molar-refractivity contribution in [2.75, 3.05) is 0 Å². The Kier molecular flexibility index (Phi) is 20.6. The van der Waals surface area contributed by atoms with E-state index in [2.05, 4.69) is 567 Å². The summed E-state index contributed by atoms with van der Waals surface area (Å²) in [7, 11) is -2.71. The summed E-state index contributed by atoms with van der Waals surface area (Å²) in [5, 5.41) is 37.7. The van der Waals surface area contributed by atoms with Gasteiger partial charge in [0.1, 0.15) is 0 Å². The standard InChI is InChI=1S/C54H38N2Si.C48H30N2.C37H23N3/c1-5-18-41(19-6-1)55-51-30-15-13-28-47(51)49-36-39(32-34-53(49)55)40-33-35-54-50(37-40)48-29-14-16-31-52(48)56(54)42-20-17-27-46(38-42)57(43-21-7-2-8-22-43,44-23-9-3-10-24-44)45-25-11-4-12-26-45;1-2-12-33(13-3-1)49-45-20-10-8-18-40(45)43-28-31(22-26-47(43)49)32-23-27-48-44(29-32)41-19-9-11-21-46(41)50(48)34-24-25-39-37-16-5-4-14-35(37)36-15-6-7-17-38(36)42(39)30-34;38-24-25-9-8-12-29(21-25)40-35-16-7-5-14-31(35)33-23-27(18-20-37(33)40)26-17-19-36-32(22-26)30-13-4-6-15-34(30)39(36)28-10-2-1-3-11-28/h1-38H;1-30H;1-23H. The van der Waals surface area contributed by atoms with E-state index in [4.69, 9.17) is 0 Å². The Balaban J connectivity index is 0.000000108. The van der Waals surface area contributed by atoms with Gasteiger partial charge in [0.2, 0.25) is 0 Å². The van der Waals surface area contributed by atoms with Crippen molar-refractivity contribution in [1.29, 1.82) is 5.26 Å².